The number of likely N-dealkylation sites (tertiary alicyclic amines) is 1. The van der Waals surface area contributed by atoms with Gasteiger partial charge in [-0.3, -0.25) is 14.7 Å². The quantitative estimate of drug-likeness (QED) is 0.638. The van der Waals surface area contributed by atoms with Gasteiger partial charge >= 0.3 is 0 Å². The zero-order chi connectivity index (χ0) is 22.8. The lowest BCUT2D eigenvalue weighted by molar-refractivity contribution is -0.137. The van der Waals surface area contributed by atoms with Crippen molar-refractivity contribution in [2.45, 2.75) is 32.6 Å². The Morgan fingerprint density at radius 2 is 1.97 bits per heavy atom. The van der Waals surface area contributed by atoms with E-state index in [1.165, 1.54) is 33.3 Å². The van der Waals surface area contributed by atoms with Gasteiger partial charge in [-0.15, -0.1) is 0 Å². The normalized spacial score (nSPS) is 20.8. The smallest absolute Gasteiger partial charge is 0.226 e. The van der Waals surface area contributed by atoms with Gasteiger partial charge in [0.2, 0.25) is 5.91 Å². The lowest BCUT2D eigenvalue weighted by atomic mass is 9.89. The molecule has 4 heterocycles. The number of hydrogen-bond donors (Lipinski definition) is 1. The molecule has 1 N–H and O–H groups in total. The minimum Gasteiger partial charge on any atom is -0.379 e. The molecule has 0 radical (unpaired) electrons. The summed E-state index contributed by atoms with van der Waals surface area (Å²) in [5.41, 5.74) is 6.14. The van der Waals surface area contributed by atoms with E-state index < -0.39 is 0 Å². The number of ether oxygens (including phenoxy) is 1. The van der Waals surface area contributed by atoms with Crippen molar-refractivity contribution < 1.29 is 9.53 Å². The zero-order valence-electron chi connectivity index (χ0n) is 19.7. The number of piperidine rings is 1. The summed E-state index contributed by atoms with van der Waals surface area (Å²) in [4.78, 5) is 25.8. The highest BCUT2D eigenvalue weighted by Gasteiger charge is 2.31. The molecule has 2 atom stereocenters. The summed E-state index contributed by atoms with van der Waals surface area (Å²) in [6.07, 6.45) is 5.84. The molecule has 0 aliphatic carbocycles. The minimum absolute atomic E-state index is 0.00600. The zero-order valence-corrected chi connectivity index (χ0v) is 19.7. The summed E-state index contributed by atoms with van der Waals surface area (Å²) in [5, 5.41) is 1.25. The Bertz CT molecular complexity index is 1100. The van der Waals surface area contributed by atoms with Crippen molar-refractivity contribution in [3.63, 3.8) is 0 Å². The van der Waals surface area contributed by atoms with Crippen molar-refractivity contribution >= 4 is 16.8 Å². The van der Waals surface area contributed by atoms with Gasteiger partial charge in [0.25, 0.3) is 0 Å². The first-order valence-electron chi connectivity index (χ1n) is 12.2. The van der Waals surface area contributed by atoms with E-state index in [1.807, 2.05) is 12.4 Å². The van der Waals surface area contributed by atoms with Gasteiger partial charge in [0.1, 0.15) is 0 Å². The fraction of sp³-hybridized carbons (Fsp3) is 0.481. The first kappa shape index (κ1) is 22.1. The number of nitrogens with one attached hydrogen (secondary N) is 1. The SMILES string of the molecule is Cc1cccc2c(-c3ccncc3)c([C@H]3CCCN(C(=O)[C@H](C)CN4CCOCC4)C3)[nH]c12. The number of H-pyrrole nitrogens is 1. The minimum atomic E-state index is 0.00600. The number of nitrogens with zero attached hydrogens (tertiary/aromatic N) is 3. The van der Waals surface area contributed by atoms with E-state index >= 15 is 0 Å². The van der Waals surface area contributed by atoms with Crippen LogP contribution in [0.5, 0.6) is 0 Å². The molecule has 2 aromatic heterocycles. The fourth-order valence-corrected chi connectivity index (χ4v) is 5.49. The molecule has 6 nitrogen and oxygen atoms in total. The van der Waals surface area contributed by atoms with Gasteiger partial charge in [-0.1, -0.05) is 25.1 Å². The molecule has 5 rings (SSSR count). The highest BCUT2D eigenvalue weighted by Crippen LogP contribution is 2.40. The number of amides is 1. The van der Waals surface area contributed by atoms with Crippen LogP contribution in [-0.2, 0) is 9.53 Å². The summed E-state index contributed by atoms with van der Waals surface area (Å²) >= 11 is 0. The number of rotatable bonds is 5. The third kappa shape index (κ3) is 4.55. The third-order valence-corrected chi connectivity index (χ3v) is 7.24. The van der Waals surface area contributed by atoms with E-state index in [2.05, 4.69) is 63.9 Å². The molecule has 2 aliphatic rings. The summed E-state index contributed by atoms with van der Waals surface area (Å²) < 4.78 is 5.46. The molecule has 1 aromatic carbocycles. The number of aryl methyl sites for hydroxylation is 1. The second-order valence-corrected chi connectivity index (χ2v) is 9.58. The highest BCUT2D eigenvalue weighted by molar-refractivity contribution is 5.99. The average molecular weight is 447 g/mol. The number of para-hydroxylation sites is 1. The van der Waals surface area contributed by atoms with Gasteiger partial charge in [-0.2, -0.15) is 0 Å². The van der Waals surface area contributed by atoms with Gasteiger partial charge < -0.3 is 14.6 Å². The molecule has 1 amide bonds. The number of fused-ring (bicyclic) bond motifs is 1. The molecule has 0 bridgehead atoms. The number of benzene rings is 1. The lowest BCUT2D eigenvalue weighted by Crippen LogP contribution is -2.46. The van der Waals surface area contributed by atoms with Crippen LogP contribution in [0, 0.1) is 12.8 Å². The van der Waals surface area contributed by atoms with Crippen molar-refractivity contribution in [3.05, 3.63) is 54.0 Å². The number of aromatic nitrogens is 2. The van der Waals surface area contributed by atoms with Crippen molar-refractivity contribution in [3.8, 4) is 11.1 Å². The molecular formula is C27H34N4O2. The van der Waals surface area contributed by atoms with Gasteiger partial charge in [-0.05, 0) is 43.0 Å². The Hall–Kier alpha value is -2.70. The Morgan fingerprint density at radius 1 is 1.18 bits per heavy atom. The van der Waals surface area contributed by atoms with E-state index in [4.69, 9.17) is 4.74 Å². The lowest BCUT2D eigenvalue weighted by Gasteiger charge is -2.36. The van der Waals surface area contributed by atoms with E-state index in [-0.39, 0.29) is 11.8 Å². The fourth-order valence-electron chi connectivity index (χ4n) is 5.49. The molecule has 33 heavy (non-hydrogen) atoms. The molecule has 0 saturated carbocycles. The van der Waals surface area contributed by atoms with Crippen LogP contribution in [-0.4, -0.2) is 71.6 Å². The predicted octanol–water partition coefficient (Wildman–Crippen LogP) is 4.21. The molecule has 2 aliphatic heterocycles. The first-order valence-corrected chi connectivity index (χ1v) is 12.2. The summed E-state index contributed by atoms with van der Waals surface area (Å²) in [6, 6.07) is 10.7. The molecule has 2 saturated heterocycles. The second-order valence-electron chi connectivity index (χ2n) is 9.58. The van der Waals surface area contributed by atoms with Crippen LogP contribution in [0.3, 0.4) is 0 Å². The van der Waals surface area contributed by atoms with Crippen LogP contribution < -0.4 is 0 Å². The number of carbonyl (C=O) groups excluding carboxylic acids is 1. The van der Waals surface area contributed by atoms with Crippen molar-refractivity contribution in [1.29, 1.82) is 0 Å². The first-order chi connectivity index (χ1) is 16.1. The molecule has 0 spiro atoms. The molecule has 6 heteroatoms. The number of hydrogen-bond acceptors (Lipinski definition) is 4. The third-order valence-electron chi connectivity index (χ3n) is 7.24. The Kier molecular flexibility index (Phi) is 6.47. The van der Waals surface area contributed by atoms with Crippen LogP contribution in [0.4, 0.5) is 0 Å². The summed E-state index contributed by atoms with van der Waals surface area (Å²) in [7, 11) is 0. The van der Waals surface area contributed by atoms with Gasteiger partial charge in [0.05, 0.1) is 13.2 Å². The monoisotopic (exact) mass is 446 g/mol. The largest absolute Gasteiger partial charge is 0.379 e. The van der Waals surface area contributed by atoms with Crippen molar-refractivity contribution in [2.75, 3.05) is 45.9 Å². The molecule has 2 fully saturated rings. The van der Waals surface area contributed by atoms with Crippen LogP contribution in [0.2, 0.25) is 0 Å². The van der Waals surface area contributed by atoms with Gasteiger partial charge in [0, 0.05) is 79.1 Å². The molecule has 174 valence electrons. The second kappa shape index (κ2) is 9.65. The maximum atomic E-state index is 13.4. The summed E-state index contributed by atoms with van der Waals surface area (Å²) in [6.45, 7) is 10.1. The predicted molar refractivity (Wildman–Crippen MR) is 131 cm³/mol. The van der Waals surface area contributed by atoms with Crippen LogP contribution >= 0.6 is 0 Å². The molecule has 0 unspecified atom stereocenters. The molecular weight excluding hydrogens is 412 g/mol. The van der Waals surface area contributed by atoms with Crippen LogP contribution in [0.15, 0.2) is 42.7 Å². The van der Waals surface area contributed by atoms with E-state index in [9.17, 15) is 4.79 Å². The van der Waals surface area contributed by atoms with Gasteiger partial charge in [-0.25, -0.2) is 0 Å². The van der Waals surface area contributed by atoms with Crippen molar-refractivity contribution in [2.24, 2.45) is 5.92 Å². The number of aromatic amines is 1. The Labute approximate surface area is 195 Å². The van der Waals surface area contributed by atoms with Crippen molar-refractivity contribution in [1.82, 2.24) is 19.8 Å². The Morgan fingerprint density at radius 3 is 2.76 bits per heavy atom. The maximum Gasteiger partial charge on any atom is 0.226 e. The van der Waals surface area contributed by atoms with Crippen LogP contribution in [0.25, 0.3) is 22.0 Å². The van der Waals surface area contributed by atoms with E-state index in [1.54, 1.807) is 0 Å². The van der Waals surface area contributed by atoms with E-state index in [0.717, 1.165) is 58.8 Å². The maximum absolute atomic E-state index is 13.4. The molecule has 3 aromatic rings. The number of pyridine rings is 1. The van der Waals surface area contributed by atoms with E-state index in [0.29, 0.717) is 5.92 Å². The number of carbonyl (C=O) groups is 1. The number of morpholine rings is 1. The Balaban J connectivity index is 1.41. The average Bonchev–Trinajstić information content (AvgIpc) is 3.26. The highest BCUT2D eigenvalue weighted by atomic mass is 16.5. The standard InChI is InChI=1S/C27H34N4O2/c1-19-5-3-7-23-24(21-8-10-28-11-9-21)26(29-25(19)23)22-6-4-12-31(18-22)27(32)20(2)17-30-13-15-33-16-14-30/h3,5,7-11,20,22,29H,4,6,12-18H2,1-2H3/t20-,22+/m1/s1. The van der Waals surface area contributed by atoms with Crippen LogP contribution in [0.1, 0.15) is 36.9 Å². The summed E-state index contributed by atoms with van der Waals surface area (Å²) in [5.74, 6) is 0.587. The van der Waals surface area contributed by atoms with Gasteiger partial charge in [0.15, 0.2) is 0 Å². The topological polar surface area (TPSA) is 61.5 Å².